The maximum absolute atomic E-state index is 5.96. The number of nitrogens with one attached hydrogen (secondary N) is 1. The van der Waals surface area contributed by atoms with Gasteiger partial charge in [0.15, 0.2) is 0 Å². The number of aromatic nitrogens is 2. The monoisotopic (exact) mass is 313 g/mol. The lowest BCUT2D eigenvalue weighted by Gasteiger charge is -2.03. The Morgan fingerprint density at radius 3 is 2.94 bits per heavy atom. The molecular formula is C12H13BrClN3. The molecule has 1 aromatic carbocycles. The highest BCUT2D eigenvalue weighted by molar-refractivity contribution is 9.10. The SMILES string of the molecule is CCNCc1ccn(-c2ccc(Cl)c(Br)c2)n1. The van der Waals surface area contributed by atoms with E-state index in [-0.39, 0.29) is 0 Å². The van der Waals surface area contributed by atoms with Crippen LogP contribution in [-0.4, -0.2) is 16.3 Å². The Labute approximate surface area is 114 Å². The van der Waals surface area contributed by atoms with Gasteiger partial charge in [-0.05, 0) is 46.7 Å². The average Bonchev–Trinajstić information content (AvgIpc) is 2.79. The second kappa shape index (κ2) is 5.67. The quantitative estimate of drug-likeness (QED) is 0.937. The van der Waals surface area contributed by atoms with Crippen molar-refractivity contribution in [3.63, 3.8) is 0 Å². The Morgan fingerprint density at radius 1 is 1.41 bits per heavy atom. The summed E-state index contributed by atoms with van der Waals surface area (Å²) in [6, 6.07) is 7.75. The van der Waals surface area contributed by atoms with E-state index in [9.17, 15) is 0 Å². The minimum absolute atomic E-state index is 0.703. The molecule has 2 rings (SSSR count). The molecule has 0 unspecified atom stereocenters. The number of nitrogens with zero attached hydrogens (tertiary/aromatic N) is 2. The molecule has 0 bridgehead atoms. The van der Waals surface area contributed by atoms with Crippen LogP contribution in [0.4, 0.5) is 0 Å². The molecule has 0 amide bonds. The van der Waals surface area contributed by atoms with Gasteiger partial charge < -0.3 is 5.32 Å². The summed E-state index contributed by atoms with van der Waals surface area (Å²) in [7, 11) is 0. The van der Waals surface area contributed by atoms with Crippen molar-refractivity contribution in [1.82, 2.24) is 15.1 Å². The summed E-state index contributed by atoms with van der Waals surface area (Å²) < 4.78 is 2.72. The molecule has 0 aliphatic heterocycles. The molecule has 0 radical (unpaired) electrons. The second-order valence-corrected chi connectivity index (χ2v) is 4.89. The van der Waals surface area contributed by atoms with Gasteiger partial charge in [0.05, 0.1) is 16.4 Å². The lowest BCUT2D eigenvalue weighted by atomic mass is 10.3. The van der Waals surface area contributed by atoms with Crippen molar-refractivity contribution < 1.29 is 0 Å². The van der Waals surface area contributed by atoms with Crippen molar-refractivity contribution in [2.45, 2.75) is 13.5 Å². The first-order valence-corrected chi connectivity index (χ1v) is 6.58. The highest BCUT2D eigenvalue weighted by Crippen LogP contribution is 2.24. The van der Waals surface area contributed by atoms with Gasteiger partial charge in [-0.2, -0.15) is 5.10 Å². The van der Waals surface area contributed by atoms with E-state index in [4.69, 9.17) is 11.6 Å². The molecule has 1 N–H and O–H groups in total. The van der Waals surface area contributed by atoms with Gasteiger partial charge in [-0.1, -0.05) is 18.5 Å². The maximum Gasteiger partial charge on any atom is 0.0766 e. The molecule has 0 fully saturated rings. The van der Waals surface area contributed by atoms with E-state index in [2.05, 4.69) is 33.3 Å². The second-order valence-electron chi connectivity index (χ2n) is 3.63. The predicted molar refractivity (Wildman–Crippen MR) is 73.7 cm³/mol. The van der Waals surface area contributed by atoms with E-state index >= 15 is 0 Å². The summed E-state index contributed by atoms with van der Waals surface area (Å²) in [4.78, 5) is 0. The minimum Gasteiger partial charge on any atom is -0.311 e. The summed E-state index contributed by atoms with van der Waals surface area (Å²) >= 11 is 9.36. The fourth-order valence-electron chi connectivity index (χ4n) is 1.48. The van der Waals surface area contributed by atoms with E-state index in [1.165, 1.54) is 0 Å². The lowest BCUT2D eigenvalue weighted by molar-refractivity contribution is 0.696. The van der Waals surface area contributed by atoms with Gasteiger partial charge in [0.25, 0.3) is 0 Å². The Bertz CT molecular complexity index is 510. The molecule has 1 aromatic heterocycles. The van der Waals surface area contributed by atoms with E-state index in [0.717, 1.165) is 28.9 Å². The molecular weight excluding hydrogens is 302 g/mol. The zero-order valence-corrected chi connectivity index (χ0v) is 11.8. The Morgan fingerprint density at radius 2 is 2.24 bits per heavy atom. The largest absolute Gasteiger partial charge is 0.311 e. The molecule has 0 saturated heterocycles. The van der Waals surface area contributed by atoms with Crippen molar-refractivity contribution in [3.8, 4) is 5.69 Å². The predicted octanol–water partition coefficient (Wildman–Crippen LogP) is 3.40. The third-order valence-electron chi connectivity index (χ3n) is 2.37. The first-order valence-electron chi connectivity index (χ1n) is 5.41. The molecule has 0 atom stereocenters. The number of hydrogen-bond acceptors (Lipinski definition) is 2. The van der Waals surface area contributed by atoms with Crippen LogP contribution in [0.3, 0.4) is 0 Å². The van der Waals surface area contributed by atoms with Crippen LogP contribution >= 0.6 is 27.5 Å². The van der Waals surface area contributed by atoms with Crippen LogP contribution in [0, 0.1) is 0 Å². The summed E-state index contributed by atoms with van der Waals surface area (Å²) in [5.41, 5.74) is 2.02. The van der Waals surface area contributed by atoms with Crippen LogP contribution in [0.2, 0.25) is 5.02 Å². The van der Waals surface area contributed by atoms with Crippen LogP contribution in [0.25, 0.3) is 5.69 Å². The van der Waals surface area contributed by atoms with Gasteiger partial charge >= 0.3 is 0 Å². The topological polar surface area (TPSA) is 29.9 Å². The molecule has 90 valence electrons. The van der Waals surface area contributed by atoms with Crippen LogP contribution < -0.4 is 5.32 Å². The standard InChI is InChI=1S/C12H13BrClN3/c1-2-15-8-9-5-6-17(16-9)10-3-4-12(14)11(13)7-10/h3-7,15H,2,8H2,1H3. The highest BCUT2D eigenvalue weighted by atomic mass is 79.9. The molecule has 0 spiro atoms. The normalized spacial score (nSPS) is 10.8. The molecule has 0 aliphatic rings. The van der Waals surface area contributed by atoms with Crippen LogP contribution in [0.1, 0.15) is 12.6 Å². The summed E-state index contributed by atoms with van der Waals surface area (Å²) in [6.45, 7) is 3.81. The zero-order valence-electron chi connectivity index (χ0n) is 9.45. The van der Waals surface area contributed by atoms with E-state index < -0.39 is 0 Å². The van der Waals surface area contributed by atoms with E-state index in [1.807, 2.05) is 35.1 Å². The van der Waals surface area contributed by atoms with Crippen LogP contribution in [0.5, 0.6) is 0 Å². The van der Waals surface area contributed by atoms with Gasteiger partial charge in [-0.15, -0.1) is 0 Å². The fraction of sp³-hybridized carbons (Fsp3) is 0.250. The van der Waals surface area contributed by atoms with Crippen LogP contribution in [0.15, 0.2) is 34.9 Å². The smallest absolute Gasteiger partial charge is 0.0766 e. The van der Waals surface area contributed by atoms with Crippen LogP contribution in [-0.2, 0) is 6.54 Å². The fourth-order valence-corrected chi connectivity index (χ4v) is 1.96. The Hall–Kier alpha value is -0.840. The van der Waals surface area contributed by atoms with Crippen molar-refractivity contribution in [2.75, 3.05) is 6.54 Å². The van der Waals surface area contributed by atoms with Gasteiger partial charge in [0, 0.05) is 17.2 Å². The Balaban J connectivity index is 2.21. The summed E-state index contributed by atoms with van der Waals surface area (Å²) in [5.74, 6) is 0. The van der Waals surface area contributed by atoms with E-state index in [1.54, 1.807) is 0 Å². The average molecular weight is 315 g/mol. The third-order valence-corrected chi connectivity index (χ3v) is 3.58. The molecule has 17 heavy (non-hydrogen) atoms. The maximum atomic E-state index is 5.96. The van der Waals surface area contributed by atoms with Gasteiger partial charge in [-0.3, -0.25) is 0 Å². The lowest BCUT2D eigenvalue weighted by Crippen LogP contribution is -2.12. The molecule has 2 aromatic rings. The van der Waals surface area contributed by atoms with Gasteiger partial charge in [0.1, 0.15) is 0 Å². The van der Waals surface area contributed by atoms with Crippen molar-refractivity contribution >= 4 is 27.5 Å². The summed E-state index contributed by atoms with van der Waals surface area (Å²) in [5, 5.41) is 8.43. The van der Waals surface area contributed by atoms with Crippen molar-refractivity contribution in [1.29, 1.82) is 0 Å². The molecule has 5 heteroatoms. The Kier molecular flexibility index (Phi) is 4.20. The summed E-state index contributed by atoms with van der Waals surface area (Å²) in [6.07, 6.45) is 1.95. The molecule has 0 saturated carbocycles. The number of rotatable bonds is 4. The minimum atomic E-state index is 0.703. The third kappa shape index (κ3) is 3.09. The number of halogens is 2. The molecule has 0 aliphatic carbocycles. The number of benzene rings is 1. The van der Waals surface area contributed by atoms with Gasteiger partial charge in [-0.25, -0.2) is 4.68 Å². The zero-order chi connectivity index (χ0) is 12.3. The van der Waals surface area contributed by atoms with Crippen molar-refractivity contribution in [3.05, 3.63) is 45.7 Å². The highest BCUT2D eigenvalue weighted by Gasteiger charge is 2.03. The van der Waals surface area contributed by atoms with Gasteiger partial charge in [0.2, 0.25) is 0 Å². The first-order chi connectivity index (χ1) is 8.20. The number of hydrogen-bond donors (Lipinski definition) is 1. The van der Waals surface area contributed by atoms with E-state index in [0.29, 0.717) is 5.02 Å². The molecule has 1 heterocycles. The van der Waals surface area contributed by atoms with Crippen molar-refractivity contribution in [2.24, 2.45) is 0 Å². The molecule has 3 nitrogen and oxygen atoms in total. The first kappa shape index (κ1) is 12.6.